The van der Waals surface area contributed by atoms with Gasteiger partial charge in [-0.25, -0.2) is 0 Å². The number of benzene rings is 1. The van der Waals surface area contributed by atoms with Crippen molar-refractivity contribution in [1.82, 2.24) is 10.2 Å². The highest BCUT2D eigenvalue weighted by Gasteiger charge is 2.00. The van der Waals surface area contributed by atoms with Crippen molar-refractivity contribution < 1.29 is 4.74 Å². The van der Waals surface area contributed by atoms with Crippen LogP contribution in [-0.4, -0.2) is 38.7 Å². The molecule has 0 fully saturated rings. The fraction of sp³-hybridized carbons (Fsp3) is 0.625. The first kappa shape index (κ1) is 16.0. The maximum absolute atomic E-state index is 5.17. The maximum atomic E-state index is 5.17. The van der Waals surface area contributed by atoms with Gasteiger partial charge in [-0.3, -0.25) is 0 Å². The van der Waals surface area contributed by atoms with Crippen LogP contribution in [0.4, 0.5) is 0 Å². The smallest absolute Gasteiger partial charge is 0.118 e. The normalized spacial score (nSPS) is 10.9. The van der Waals surface area contributed by atoms with Gasteiger partial charge >= 0.3 is 0 Å². The van der Waals surface area contributed by atoms with Gasteiger partial charge in [-0.05, 0) is 63.6 Å². The molecule has 0 aliphatic rings. The van der Waals surface area contributed by atoms with E-state index >= 15 is 0 Å². The predicted octanol–water partition coefficient (Wildman–Crippen LogP) is 2.91. The Balaban J connectivity index is 2.14. The third kappa shape index (κ3) is 7.19. The highest BCUT2D eigenvalue weighted by Crippen LogP contribution is 2.12. The van der Waals surface area contributed by atoms with Crippen molar-refractivity contribution in [3.63, 3.8) is 0 Å². The van der Waals surface area contributed by atoms with Gasteiger partial charge in [-0.2, -0.15) is 0 Å². The molecular weight excluding hydrogens is 236 g/mol. The Morgan fingerprint density at radius 2 is 1.84 bits per heavy atom. The first-order chi connectivity index (χ1) is 9.26. The van der Waals surface area contributed by atoms with Crippen molar-refractivity contribution in [3.05, 3.63) is 29.8 Å². The average Bonchev–Trinajstić information content (AvgIpc) is 2.43. The van der Waals surface area contributed by atoms with Crippen LogP contribution in [0, 0.1) is 0 Å². The Bertz CT molecular complexity index is 324. The van der Waals surface area contributed by atoms with Gasteiger partial charge in [-0.1, -0.05) is 19.1 Å². The standard InChI is InChI=1S/C16H28N2O/c1-4-11-17-12-5-6-13-18(2)14-15-7-9-16(19-3)10-8-15/h7-10,17H,4-6,11-14H2,1-3H3. The lowest BCUT2D eigenvalue weighted by Gasteiger charge is -2.16. The summed E-state index contributed by atoms with van der Waals surface area (Å²) >= 11 is 0. The van der Waals surface area contributed by atoms with Crippen molar-refractivity contribution in [2.75, 3.05) is 33.8 Å². The third-order valence-electron chi connectivity index (χ3n) is 3.18. The second-order valence-corrected chi connectivity index (χ2v) is 5.04. The summed E-state index contributed by atoms with van der Waals surface area (Å²) in [7, 11) is 3.89. The summed E-state index contributed by atoms with van der Waals surface area (Å²) in [5, 5.41) is 3.44. The van der Waals surface area contributed by atoms with Gasteiger partial charge in [0.05, 0.1) is 7.11 Å². The molecule has 0 aromatic heterocycles. The molecule has 0 radical (unpaired) electrons. The Labute approximate surface area is 118 Å². The van der Waals surface area contributed by atoms with E-state index in [2.05, 4.69) is 36.3 Å². The van der Waals surface area contributed by atoms with E-state index in [1.54, 1.807) is 7.11 Å². The van der Waals surface area contributed by atoms with Crippen LogP contribution < -0.4 is 10.1 Å². The highest BCUT2D eigenvalue weighted by molar-refractivity contribution is 5.26. The molecule has 108 valence electrons. The first-order valence-electron chi connectivity index (χ1n) is 7.28. The Morgan fingerprint density at radius 1 is 1.11 bits per heavy atom. The minimum absolute atomic E-state index is 0.924. The summed E-state index contributed by atoms with van der Waals surface area (Å²) in [6.45, 7) is 6.65. The average molecular weight is 264 g/mol. The van der Waals surface area contributed by atoms with E-state index in [9.17, 15) is 0 Å². The molecule has 0 aliphatic heterocycles. The van der Waals surface area contributed by atoms with Crippen LogP contribution in [0.2, 0.25) is 0 Å². The molecule has 0 bridgehead atoms. The van der Waals surface area contributed by atoms with Gasteiger partial charge in [0.1, 0.15) is 5.75 Å². The first-order valence-corrected chi connectivity index (χ1v) is 7.28. The van der Waals surface area contributed by atoms with Gasteiger partial charge < -0.3 is 15.0 Å². The van der Waals surface area contributed by atoms with E-state index < -0.39 is 0 Å². The van der Waals surface area contributed by atoms with Crippen LogP contribution in [0.5, 0.6) is 5.75 Å². The van der Waals surface area contributed by atoms with Crippen molar-refractivity contribution in [3.8, 4) is 5.75 Å². The summed E-state index contributed by atoms with van der Waals surface area (Å²) in [6.07, 6.45) is 3.73. The molecule has 0 heterocycles. The molecule has 0 saturated heterocycles. The Morgan fingerprint density at radius 3 is 2.47 bits per heavy atom. The summed E-state index contributed by atoms with van der Waals surface area (Å²) in [5.41, 5.74) is 1.34. The van der Waals surface area contributed by atoms with Gasteiger partial charge in [0.2, 0.25) is 0 Å². The number of ether oxygens (including phenoxy) is 1. The number of nitrogens with one attached hydrogen (secondary N) is 1. The highest BCUT2D eigenvalue weighted by atomic mass is 16.5. The second kappa shape index (κ2) is 9.82. The van der Waals surface area contributed by atoms with Crippen LogP contribution in [-0.2, 0) is 6.54 Å². The molecule has 1 aromatic carbocycles. The lowest BCUT2D eigenvalue weighted by atomic mass is 10.2. The molecule has 1 N–H and O–H groups in total. The molecule has 0 amide bonds. The van der Waals surface area contributed by atoms with Gasteiger partial charge in [0.25, 0.3) is 0 Å². The minimum atomic E-state index is 0.924. The van der Waals surface area contributed by atoms with Gasteiger partial charge in [0, 0.05) is 6.54 Å². The fourth-order valence-electron chi connectivity index (χ4n) is 2.06. The number of rotatable bonds is 10. The van der Waals surface area contributed by atoms with E-state index in [4.69, 9.17) is 4.74 Å². The molecule has 0 spiro atoms. The van der Waals surface area contributed by atoms with E-state index in [0.717, 1.165) is 31.9 Å². The molecule has 0 saturated carbocycles. The summed E-state index contributed by atoms with van der Waals surface area (Å²) in [4.78, 5) is 2.38. The minimum Gasteiger partial charge on any atom is -0.497 e. The maximum Gasteiger partial charge on any atom is 0.118 e. The third-order valence-corrected chi connectivity index (χ3v) is 3.18. The zero-order chi connectivity index (χ0) is 13.9. The summed E-state index contributed by atoms with van der Waals surface area (Å²) in [6, 6.07) is 8.33. The van der Waals surface area contributed by atoms with Crippen molar-refractivity contribution >= 4 is 0 Å². The number of nitrogens with zero attached hydrogens (tertiary/aromatic N) is 1. The molecule has 3 nitrogen and oxygen atoms in total. The number of methoxy groups -OCH3 is 1. The van der Waals surface area contributed by atoms with Crippen LogP contribution in [0.25, 0.3) is 0 Å². The van der Waals surface area contributed by atoms with E-state index in [0.29, 0.717) is 0 Å². The Kier molecular flexibility index (Phi) is 8.26. The van der Waals surface area contributed by atoms with Crippen molar-refractivity contribution in [2.45, 2.75) is 32.7 Å². The van der Waals surface area contributed by atoms with E-state index in [1.165, 1.54) is 24.8 Å². The van der Waals surface area contributed by atoms with Crippen molar-refractivity contribution in [1.29, 1.82) is 0 Å². The fourth-order valence-corrected chi connectivity index (χ4v) is 2.06. The topological polar surface area (TPSA) is 24.5 Å². The number of hydrogen-bond donors (Lipinski definition) is 1. The van der Waals surface area contributed by atoms with E-state index in [1.807, 2.05) is 12.1 Å². The SMILES string of the molecule is CCCNCCCCN(C)Cc1ccc(OC)cc1. The molecule has 3 heteroatoms. The van der Waals surface area contributed by atoms with Crippen LogP contribution in [0.15, 0.2) is 24.3 Å². The van der Waals surface area contributed by atoms with Gasteiger partial charge in [0.15, 0.2) is 0 Å². The summed E-state index contributed by atoms with van der Waals surface area (Å²) < 4.78 is 5.17. The molecular formula is C16H28N2O. The zero-order valence-electron chi connectivity index (χ0n) is 12.6. The monoisotopic (exact) mass is 264 g/mol. The van der Waals surface area contributed by atoms with Crippen molar-refractivity contribution in [2.24, 2.45) is 0 Å². The number of unbranched alkanes of at least 4 members (excludes halogenated alkanes) is 1. The van der Waals surface area contributed by atoms with E-state index in [-0.39, 0.29) is 0 Å². The molecule has 1 rings (SSSR count). The molecule has 0 aliphatic carbocycles. The Hall–Kier alpha value is -1.06. The second-order valence-electron chi connectivity index (χ2n) is 5.04. The quantitative estimate of drug-likeness (QED) is 0.658. The molecule has 0 unspecified atom stereocenters. The number of hydrogen-bond acceptors (Lipinski definition) is 3. The molecule has 19 heavy (non-hydrogen) atoms. The zero-order valence-corrected chi connectivity index (χ0v) is 12.6. The van der Waals surface area contributed by atoms with Gasteiger partial charge in [-0.15, -0.1) is 0 Å². The van der Waals surface area contributed by atoms with Crippen LogP contribution in [0.1, 0.15) is 31.7 Å². The largest absolute Gasteiger partial charge is 0.497 e. The summed E-state index contributed by atoms with van der Waals surface area (Å²) in [5.74, 6) is 0.924. The predicted molar refractivity (Wildman–Crippen MR) is 81.7 cm³/mol. The van der Waals surface area contributed by atoms with Crippen LogP contribution in [0.3, 0.4) is 0 Å². The molecule has 0 atom stereocenters. The van der Waals surface area contributed by atoms with Crippen LogP contribution >= 0.6 is 0 Å². The lowest BCUT2D eigenvalue weighted by molar-refractivity contribution is 0.317. The molecule has 1 aromatic rings. The lowest BCUT2D eigenvalue weighted by Crippen LogP contribution is -2.21.